The molecular formula is C15H29N3O. The van der Waals surface area contributed by atoms with Crippen molar-refractivity contribution in [3.63, 3.8) is 0 Å². The van der Waals surface area contributed by atoms with E-state index >= 15 is 0 Å². The number of carbonyl (C=O) groups is 1. The fraction of sp³-hybridized carbons (Fsp3) is 0.933. The average molecular weight is 267 g/mol. The first-order valence-electron chi connectivity index (χ1n) is 7.82. The summed E-state index contributed by atoms with van der Waals surface area (Å²) < 4.78 is 0. The summed E-state index contributed by atoms with van der Waals surface area (Å²) in [6.07, 6.45) is 3.17. The molecule has 2 aliphatic heterocycles. The zero-order valence-electron chi connectivity index (χ0n) is 12.7. The summed E-state index contributed by atoms with van der Waals surface area (Å²) in [5.74, 6) is 0.681. The van der Waals surface area contributed by atoms with Gasteiger partial charge in [-0.25, -0.2) is 0 Å². The van der Waals surface area contributed by atoms with Crippen molar-refractivity contribution in [3.05, 3.63) is 0 Å². The fourth-order valence-electron chi connectivity index (χ4n) is 3.38. The lowest BCUT2D eigenvalue weighted by Crippen LogP contribution is -2.52. The molecule has 0 aliphatic carbocycles. The number of amides is 1. The van der Waals surface area contributed by atoms with Crippen molar-refractivity contribution >= 4 is 5.91 Å². The Kier molecular flexibility index (Phi) is 4.85. The van der Waals surface area contributed by atoms with E-state index < -0.39 is 0 Å². The van der Waals surface area contributed by atoms with Crippen molar-refractivity contribution in [1.29, 1.82) is 0 Å². The van der Waals surface area contributed by atoms with Gasteiger partial charge in [-0.3, -0.25) is 4.79 Å². The zero-order valence-corrected chi connectivity index (χ0v) is 12.7. The quantitative estimate of drug-likeness (QED) is 0.805. The van der Waals surface area contributed by atoms with Crippen molar-refractivity contribution in [1.82, 2.24) is 15.5 Å². The second kappa shape index (κ2) is 6.23. The Balaban J connectivity index is 1.90. The maximum Gasteiger partial charge on any atom is 0.228 e. The van der Waals surface area contributed by atoms with Crippen LogP contribution in [0.15, 0.2) is 0 Å². The zero-order chi connectivity index (χ0) is 13.9. The molecule has 1 amide bonds. The van der Waals surface area contributed by atoms with Crippen LogP contribution in [0.5, 0.6) is 0 Å². The van der Waals surface area contributed by atoms with Gasteiger partial charge in [0, 0.05) is 25.7 Å². The van der Waals surface area contributed by atoms with Gasteiger partial charge in [-0.1, -0.05) is 20.8 Å². The molecule has 1 atom stereocenters. The topological polar surface area (TPSA) is 44.4 Å². The summed E-state index contributed by atoms with van der Waals surface area (Å²) in [5.41, 5.74) is -0.179. The van der Waals surface area contributed by atoms with Gasteiger partial charge in [0.05, 0.1) is 5.41 Å². The summed E-state index contributed by atoms with van der Waals surface area (Å²) in [5, 5.41) is 6.68. The molecule has 2 saturated heterocycles. The van der Waals surface area contributed by atoms with E-state index in [9.17, 15) is 4.79 Å². The Labute approximate surface area is 117 Å². The SMILES string of the molecule is CCN1CCC(NC(=O)C2(C(C)C)CCNC2)CC1. The molecule has 4 heteroatoms. The van der Waals surface area contributed by atoms with Crippen molar-refractivity contribution in [2.45, 2.75) is 46.1 Å². The molecule has 1 unspecified atom stereocenters. The summed E-state index contributed by atoms with van der Waals surface area (Å²) in [6.45, 7) is 11.7. The lowest BCUT2D eigenvalue weighted by Gasteiger charge is -2.36. The van der Waals surface area contributed by atoms with E-state index in [2.05, 4.69) is 36.3 Å². The van der Waals surface area contributed by atoms with E-state index in [1.807, 2.05) is 0 Å². The number of rotatable bonds is 4. The molecule has 0 bridgehead atoms. The maximum atomic E-state index is 12.7. The van der Waals surface area contributed by atoms with Crippen LogP contribution < -0.4 is 10.6 Å². The number of piperidine rings is 1. The molecular weight excluding hydrogens is 238 g/mol. The third-order valence-corrected chi connectivity index (χ3v) is 5.12. The van der Waals surface area contributed by atoms with Gasteiger partial charge in [0.25, 0.3) is 0 Å². The average Bonchev–Trinajstić information content (AvgIpc) is 2.90. The van der Waals surface area contributed by atoms with Gasteiger partial charge in [-0.05, 0) is 38.3 Å². The lowest BCUT2D eigenvalue weighted by molar-refractivity contribution is -0.133. The second-order valence-electron chi connectivity index (χ2n) is 6.42. The molecule has 0 aromatic carbocycles. The minimum Gasteiger partial charge on any atom is -0.353 e. The summed E-state index contributed by atoms with van der Waals surface area (Å²) in [6, 6.07) is 0.381. The standard InChI is InChI=1S/C15H29N3O/c1-4-18-9-5-13(6-10-18)17-14(19)15(12(2)3)7-8-16-11-15/h12-13,16H,4-11H2,1-3H3,(H,17,19). The predicted molar refractivity (Wildman–Crippen MR) is 78.0 cm³/mol. The number of carbonyl (C=O) groups excluding carboxylic acids is 1. The third-order valence-electron chi connectivity index (χ3n) is 5.12. The molecule has 0 radical (unpaired) electrons. The Hall–Kier alpha value is -0.610. The molecule has 19 heavy (non-hydrogen) atoms. The Morgan fingerprint density at radius 3 is 2.58 bits per heavy atom. The first-order chi connectivity index (χ1) is 9.08. The van der Waals surface area contributed by atoms with Crippen LogP contribution in [-0.2, 0) is 4.79 Å². The van der Waals surface area contributed by atoms with E-state index in [0.717, 1.165) is 52.0 Å². The van der Waals surface area contributed by atoms with Gasteiger partial charge in [-0.2, -0.15) is 0 Å². The van der Waals surface area contributed by atoms with Crippen LogP contribution in [0.3, 0.4) is 0 Å². The molecule has 2 N–H and O–H groups in total. The maximum absolute atomic E-state index is 12.7. The lowest BCUT2D eigenvalue weighted by atomic mass is 9.75. The molecule has 2 aliphatic rings. The molecule has 110 valence electrons. The van der Waals surface area contributed by atoms with E-state index in [0.29, 0.717) is 12.0 Å². The molecule has 0 saturated carbocycles. The Morgan fingerprint density at radius 2 is 2.11 bits per heavy atom. The van der Waals surface area contributed by atoms with Crippen LogP contribution in [0, 0.1) is 11.3 Å². The van der Waals surface area contributed by atoms with Crippen LogP contribution in [0.25, 0.3) is 0 Å². The highest BCUT2D eigenvalue weighted by Crippen LogP contribution is 2.34. The van der Waals surface area contributed by atoms with E-state index in [-0.39, 0.29) is 11.3 Å². The number of hydrogen-bond acceptors (Lipinski definition) is 3. The molecule has 0 spiro atoms. The first-order valence-corrected chi connectivity index (χ1v) is 7.82. The number of nitrogens with one attached hydrogen (secondary N) is 2. The first kappa shape index (κ1) is 14.8. The van der Waals surface area contributed by atoms with Gasteiger partial charge in [0.2, 0.25) is 5.91 Å². The molecule has 2 heterocycles. The van der Waals surface area contributed by atoms with E-state index in [4.69, 9.17) is 0 Å². The number of nitrogens with zero attached hydrogens (tertiary/aromatic N) is 1. The summed E-state index contributed by atoms with van der Waals surface area (Å²) in [7, 11) is 0. The number of hydrogen-bond donors (Lipinski definition) is 2. The van der Waals surface area contributed by atoms with Gasteiger partial charge < -0.3 is 15.5 Å². The monoisotopic (exact) mass is 267 g/mol. The highest BCUT2D eigenvalue weighted by molar-refractivity contribution is 5.83. The Bertz CT molecular complexity index is 303. The van der Waals surface area contributed by atoms with E-state index in [1.165, 1.54) is 0 Å². The predicted octanol–water partition coefficient (Wildman–Crippen LogP) is 1.22. The number of likely N-dealkylation sites (tertiary alicyclic amines) is 1. The highest BCUT2D eigenvalue weighted by atomic mass is 16.2. The van der Waals surface area contributed by atoms with Crippen LogP contribution >= 0.6 is 0 Å². The van der Waals surface area contributed by atoms with Crippen molar-refractivity contribution in [2.75, 3.05) is 32.7 Å². The van der Waals surface area contributed by atoms with Crippen molar-refractivity contribution < 1.29 is 4.79 Å². The van der Waals surface area contributed by atoms with Gasteiger partial charge in [0.15, 0.2) is 0 Å². The largest absolute Gasteiger partial charge is 0.353 e. The highest BCUT2D eigenvalue weighted by Gasteiger charge is 2.44. The minimum atomic E-state index is -0.179. The second-order valence-corrected chi connectivity index (χ2v) is 6.42. The normalized spacial score (nSPS) is 29.9. The molecule has 4 nitrogen and oxygen atoms in total. The molecule has 2 fully saturated rings. The van der Waals surface area contributed by atoms with Crippen LogP contribution in [0.2, 0.25) is 0 Å². The fourth-order valence-corrected chi connectivity index (χ4v) is 3.38. The van der Waals surface area contributed by atoms with Crippen LogP contribution in [-0.4, -0.2) is 49.6 Å². The minimum absolute atomic E-state index is 0.179. The van der Waals surface area contributed by atoms with Crippen molar-refractivity contribution in [3.8, 4) is 0 Å². The smallest absolute Gasteiger partial charge is 0.228 e. The third kappa shape index (κ3) is 3.11. The Morgan fingerprint density at radius 1 is 1.42 bits per heavy atom. The van der Waals surface area contributed by atoms with Gasteiger partial charge in [-0.15, -0.1) is 0 Å². The van der Waals surface area contributed by atoms with Crippen LogP contribution in [0.1, 0.15) is 40.0 Å². The van der Waals surface area contributed by atoms with E-state index in [1.54, 1.807) is 0 Å². The van der Waals surface area contributed by atoms with Crippen molar-refractivity contribution in [2.24, 2.45) is 11.3 Å². The summed E-state index contributed by atoms with van der Waals surface area (Å²) in [4.78, 5) is 15.1. The molecule has 0 aromatic heterocycles. The van der Waals surface area contributed by atoms with Crippen LogP contribution in [0.4, 0.5) is 0 Å². The molecule has 0 aromatic rings. The summed E-state index contributed by atoms with van der Waals surface area (Å²) >= 11 is 0. The molecule has 2 rings (SSSR count). The van der Waals surface area contributed by atoms with Gasteiger partial charge >= 0.3 is 0 Å². The van der Waals surface area contributed by atoms with Gasteiger partial charge in [0.1, 0.15) is 0 Å².